The van der Waals surface area contributed by atoms with Gasteiger partial charge in [0.05, 0.1) is 12.8 Å². The fraction of sp³-hybridized carbons (Fsp3) is 0.438. The molecular weight excluding hydrogens is 284 g/mol. The van der Waals surface area contributed by atoms with Gasteiger partial charge in [-0.25, -0.2) is 0 Å². The molecule has 1 aliphatic rings. The predicted molar refractivity (Wildman–Crippen MR) is 87.1 cm³/mol. The van der Waals surface area contributed by atoms with Crippen molar-refractivity contribution in [3.05, 3.63) is 23.1 Å². The topological polar surface area (TPSA) is 64.3 Å². The highest BCUT2D eigenvalue weighted by Crippen LogP contribution is 2.37. The van der Waals surface area contributed by atoms with E-state index in [4.69, 9.17) is 10.5 Å². The van der Waals surface area contributed by atoms with Crippen molar-refractivity contribution < 1.29 is 9.53 Å². The van der Waals surface area contributed by atoms with Gasteiger partial charge in [-0.05, 0) is 38.0 Å². The van der Waals surface area contributed by atoms with Crippen LogP contribution < -0.4 is 15.8 Å². The number of nitrogen functional groups attached to an aromatic ring is 1. The SMILES string of the molecule is COc1ccc2c(N)c(C(=O)NC3(C)CCCC3)sc2c1. The Bertz CT molecular complexity index is 687. The number of amides is 1. The molecule has 1 aromatic heterocycles. The highest BCUT2D eigenvalue weighted by Gasteiger charge is 2.31. The zero-order chi connectivity index (χ0) is 15.0. The number of carbonyl (C=O) groups excluding carboxylic acids is 1. The largest absolute Gasteiger partial charge is 0.497 e. The number of fused-ring (bicyclic) bond motifs is 1. The molecule has 0 radical (unpaired) electrons. The first kappa shape index (κ1) is 14.2. The van der Waals surface area contributed by atoms with Crippen molar-refractivity contribution in [2.24, 2.45) is 0 Å². The van der Waals surface area contributed by atoms with E-state index in [1.807, 2.05) is 18.2 Å². The quantitative estimate of drug-likeness (QED) is 0.911. The number of benzene rings is 1. The van der Waals surface area contributed by atoms with Gasteiger partial charge in [0.25, 0.3) is 5.91 Å². The second kappa shape index (κ2) is 5.22. The standard InChI is InChI=1S/C16H20N2O2S/c1-16(7-3-4-8-16)18-15(19)14-13(17)11-6-5-10(20-2)9-12(11)21-14/h5-6,9H,3-4,7-8,17H2,1-2H3,(H,18,19). The Balaban J connectivity index is 1.92. The van der Waals surface area contributed by atoms with Crippen LogP contribution in [0.1, 0.15) is 42.3 Å². The fourth-order valence-corrected chi connectivity index (χ4v) is 4.05. The third-order valence-corrected chi connectivity index (χ3v) is 5.43. The van der Waals surface area contributed by atoms with E-state index in [0.717, 1.165) is 28.7 Å². The van der Waals surface area contributed by atoms with Crippen molar-refractivity contribution >= 4 is 33.0 Å². The smallest absolute Gasteiger partial charge is 0.263 e. The lowest BCUT2D eigenvalue weighted by atomic mass is 10.0. The van der Waals surface area contributed by atoms with Crippen LogP contribution in [-0.2, 0) is 0 Å². The average molecular weight is 304 g/mol. The summed E-state index contributed by atoms with van der Waals surface area (Å²) in [5.41, 5.74) is 6.64. The molecule has 1 aliphatic carbocycles. The lowest BCUT2D eigenvalue weighted by Crippen LogP contribution is -2.43. The molecule has 0 spiro atoms. The van der Waals surface area contributed by atoms with Crippen LogP contribution in [0.5, 0.6) is 5.75 Å². The van der Waals surface area contributed by atoms with Crippen LogP contribution in [-0.4, -0.2) is 18.6 Å². The highest BCUT2D eigenvalue weighted by molar-refractivity contribution is 7.21. The number of ether oxygens (including phenoxy) is 1. The van der Waals surface area contributed by atoms with Gasteiger partial charge in [-0.15, -0.1) is 11.3 Å². The molecule has 0 aliphatic heterocycles. The molecule has 1 aromatic carbocycles. The Kier molecular flexibility index (Phi) is 3.53. The maximum Gasteiger partial charge on any atom is 0.263 e. The molecule has 4 nitrogen and oxygen atoms in total. The monoisotopic (exact) mass is 304 g/mol. The highest BCUT2D eigenvalue weighted by atomic mass is 32.1. The fourth-order valence-electron chi connectivity index (χ4n) is 3.00. The number of carbonyl (C=O) groups is 1. The first-order chi connectivity index (χ1) is 10.0. The van der Waals surface area contributed by atoms with E-state index in [2.05, 4.69) is 12.2 Å². The number of nitrogens with one attached hydrogen (secondary N) is 1. The molecule has 1 fully saturated rings. The van der Waals surface area contributed by atoms with Gasteiger partial charge in [0.1, 0.15) is 10.6 Å². The van der Waals surface area contributed by atoms with E-state index in [1.54, 1.807) is 7.11 Å². The summed E-state index contributed by atoms with van der Waals surface area (Å²) in [6.45, 7) is 2.12. The molecule has 3 rings (SSSR count). The van der Waals surface area contributed by atoms with Gasteiger partial charge < -0.3 is 15.8 Å². The van der Waals surface area contributed by atoms with Crippen LogP contribution in [0.4, 0.5) is 5.69 Å². The van der Waals surface area contributed by atoms with Gasteiger partial charge in [0.2, 0.25) is 0 Å². The summed E-state index contributed by atoms with van der Waals surface area (Å²) in [5.74, 6) is 0.718. The van der Waals surface area contributed by atoms with Crippen molar-refractivity contribution in [1.82, 2.24) is 5.32 Å². The number of rotatable bonds is 3. The maximum atomic E-state index is 12.5. The molecule has 5 heteroatoms. The van der Waals surface area contributed by atoms with Crippen LogP contribution in [0.3, 0.4) is 0 Å². The Labute approximate surface area is 128 Å². The molecule has 0 saturated heterocycles. The maximum absolute atomic E-state index is 12.5. The molecule has 112 valence electrons. The summed E-state index contributed by atoms with van der Waals surface area (Å²) in [6, 6.07) is 5.70. The van der Waals surface area contributed by atoms with Crippen LogP contribution >= 0.6 is 11.3 Å². The normalized spacial score (nSPS) is 17.0. The van der Waals surface area contributed by atoms with Crippen molar-refractivity contribution in [2.75, 3.05) is 12.8 Å². The average Bonchev–Trinajstić information content (AvgIpc) is 3.03. The molecule has 2 aromatic rings. The lowest BCUT2D eigenvalue weighted by Gasteiger charge is -2.24. The molecule has 0 unspecified atom stereocenters. The zero-order valence-corrected chi connectivity index (χ0v) is 13.2. The summed E-state index contributed by atoms with van der Waals surface area (Å²) < 4.78 is 6.20. The van der Waals surface area contributed by atoms with E-state index in [0.29, 0.717) is 10.6 Å². The second-order valence-electron chi connectivity index (χ2n) is 5.93. The molecule has 1 heterocycles. The number of anilines is 1. The minimum atomic E-state index is -0.0859. The minimum absolute atomic E-state index is 0.0583. The van der Waals surface area contributed by atoms with Gasteiger partial charge in [-0.2, -0.15) is 0 Å². The van der Waals surface area contributed by atoms with Gasteiger partial charge in [-0.3, -0.25) is 4.79 Å². The van der Waals surface area contributed by atoms with Crippen LogP contribution in [0.15, 0.2) is 18.2 Å². The van der Waals surface area contributed by atoms with Gasteiger partial charge in [0, 0.05) is 15.6 Å². The Morgan fingerprint density at radius 1 is 1.38 bits per heavy atom. The third-order valence-electron chi connectivity index (χ3n) is 4.26. The number of hydrogen-bond donors (Lipinski definition) is 2. The Hall–Kier alpha value is -1.75. The zero-order valence-electron chi connectivity index (χ0n) is 12.4. The summed E-state index contributed by atoms with van der Waals surface area (Å²) in [6.07, 6.45) is 4.43. The number of nitrogens with two attached hydrogens (primary N) is 1. The molecule has 0 atom stereocenters. The van der Waals surface area contributed by atoms with Crippen LogP contribution in [0, 0.1) is 0 Å². The van der Waals surface area contributed by atoms with E-state index in [9.17, 15) is 4.79 Å². The summed E-state index contributed by atoms with van der Waals surface area (Å²) in [5, 5.41) is 4.08. The Morgan fingerprint density at radius 3 is 2.76 bits per heavy atom. The van der Waals surface area contributed by atoms with Crippen LogP contribution in [0.2, 0.25) is 0 Å². The van der Waals surface area contributed by atoms with Crippen molar-refractivity contribution in [2.45, 2.75) is 38.1 Å². The van der Waals surface area contributed by atoms with E-state index >= 15 is 0 Å². The first-order valence-electron chi connectivity index (χ1n) is 7.21. The molecule has 1 amide bonds. The van der Waals surface area contributed by atoms with Gasteiger partial charge >= 0.3 is 0 Å². The van der Waals surface area contributed by atoms with Crippen molar-refractivity contribution in [3.8, 4) is 5.75 Å². The van der Waals surface area contributed by atoms with Gasteiger partial charge in [0.15, 0.2) is 0 Å². The van der Waals surface area contributed by atoms with Gasteiger partial charge in [-0.1, -0.05) is 12.8 Å². The molecule has 21 heavy (non-hydrogen) atoms. The van der Waals surface area contributed by atoms with Crippen molar-refractivity contribution in [1.29, 1.82) is 0 Å². The molecule has 1 saturated carbocycles. The van der Waals surface area contributed by atoms with Crippen molar-refractivity contribution in [3.63, 3.8) is 0 Å². The number of hydrogen-bond acceptors (Lipinski definition) is 4. The summed E-state index contributed by atoms with van der Waals surface area (Å²) >= 11 is 1.43. The number of thiophene rings is 1. The van der Waals surface area contributed by atoms with E-state index in [1.165, 1.54) is 24.2 Å². The molecule has 3 N–H and O–H groups in total. The van der Waals surface area contributed by atoms with E-state index < -0.39 is 0 Å². The lowest BCUT2D eigenvalue weighted by molar-refractivity contribution is 0.0913. The summed E-state index contributed by atoms with van der Waals surface area (Å²) in [7, 11) is 1.63. The first-order valence-corrected chi connectivity index (χ1v) is 8.03. The molecule has 0 bridgehead atoms. The second-order valence-corrected chi connectivity index (χ2v) is 6.98. The number of methoxy groups -OCH3 is 1. The molecular formula is C16H20N2O2S. The predicted octanol–water partition coefficient (Wildman–Crippen LogP) is 3.55. The minimum Gasteiger partial charge on any atom is -0.497 e. The Morgan fingerprint density at radius 2 is 2.10 bits per heavy atom. The third kappa shape index (κ3) is 2.58. The van der Waals surface area contributed by atoms with E-state index in [-0.39, 0.29) is 11.4 Å². The summed E-state index contributed by atoms with van der Waals surface area (Å²) in [4.78, 5) is 13.1. The van der Waals surface area contributed by atoms with Crippen LogP contribution in [0.25, 0.3) is 10.1 Å².